The van der Waals surface area contributed by atoms with E-state index in [1.807, 2.05) is 0 Å². The fourth-order valence-electron chi connectivity index (χ4n) is 2.50. The normalized spacial score (nSPS) is 14.8. The second-order valence-electron chi connectivity index (χ2n) is 6.46. The number of benzene rings is 2. The second-order valence-corrected chi connectivity index (χ2v) is 6.46. The SMILES string of the molecule is C.NC1(C(=O)NCc2ccc(Nc3ccc(F)cc3C(F)(F)F)cc2F)CC1. The molecule has 9 heteroatoms. The van der Waals surface area contributed by atoms with E-state index in [-0.39, 0.29) is 31.1 Å². The van der Waals surface area contributed by atoms with E-state index in [1.54, 1.807) is 0 Å². The van der Waals surface area contributed by atoms with Crippen molar-refractivity contribution in [2.45, 2.75) is 38.5 Å². The lowest BCUT2D eigenvalue weighted by molar-refractivity contribution is -0.137. The van der Waals surface area contributed by atoms with E-state index < -0.39 is 34.6 Å². The highest BCUT2D eigenvalue weighted by Gasteiger charge is 2.45. The summed E-state index contributed by atoms with van der Waals surface area (Å²) >= 11 is 0. The lowest BCUT2D eigenvalue weighted by Gasteiger charge is -2.15. The highest BCUT2D eigenvalue weighted by atomic mass is 19.4. The third-order valence-corrected chi connectivity index (χ3v) is 4.30. The lowest BCUT2D eigenvalue weighted by Crippen LogP contribution is -2.42. The van der Waals surface area contributed by atoms with Crippen LogP contribution in [-0.4, -0.2) is 11.4 Å². The molecule has 1 saturated carbocycles. The molecule has 2 aromatic carbocycles. The number of carbonyl (C=O) groups excluding carboxylic acids is 1. The molecule has 28 heavy (non-hydrogen) atoms. The molecular weight excluding hydrogens is 381 g/mol. The number of hydrogen-bond acceptors (Lipinski definition) is 3. The molecule has 0 heterocycles. The number of halogens is 5. The summed E-state index contributed by atoms with van der Waals surface area (Å²) in [6.45, 7) is -0.0890. The number of rotatable bonds is 5. The monoisotopic (exact) mass is 401 g/mol. The number of carbonyl (C=O) groups is 1. The molecule has 2 aromatic rings. The average molecular weight is 401 g/mol. The number of anilines is 2. The van der Waals surface area contributed by atoms with Gasteiger partial charge in [-0.2, -0.15) is 13.2 Å². The summed E-state index contributed by atoms with van der Waals surface area (Å²) in [5.74, 6) is -2.11. The van der Waals surface area contributed by atoms with Crippen molar-refractivity contribution in [3.8, 4) is 0 Å². The quantitative estimate of drug-likeness (QED) is 0.648. The van der Waals surface area contributed by atoms with Gasteiger partial charge in [0.2, 0.25) is 5.91 Å². The van der Waals surface area contributed by atoms with Crippen LogP contribution in [0.1, 0.15) is 31.4 Å². The first-order valence-corrected chi connectivity index (χ1v) is 8.08. The Balaban J connectivity index is 0.00000280. The van der Waals surface area contributed by atoms with Crippen LogP contribution < -0.4 is 16.4 Å². The number of nitrogens with one attached hydrogen (secondary N) is 2. The molecular formula is C19H20F5N3O. The summed E-state index contributed by atoms with van der Waals surface area (Å²) < 4.78 is 66.4. The van der Waals surface area contributed by atoms with Gasteiger partial charge in [-0.1, -0.05) is 13.5 Å². The van der Waals surface area contributed by atoms with Crippen molar-refractivity contribution in [1.82, 2.24) is 5.32 Å². The minimum absolute atomic E-state index is 0. The highest BCUT2D eigenvalue weighted by molar-refractivity contribution is 5.88. The van der Waals surface area contributed by atoms with E-state index in [4.69, 9.17) is 5.73 Å². The molecule has 4 nitrogen and oxygen atoms in total. The largest absolute Gasteiger partial charge is 0.418 e. The average Bonchev–Trinajstić information content (AvgIpc) is 3.33. The van der Waals surface area contributed by atoms with Crippen molar-refractivity contribution in [2.24, 2.45) is 5.73 Å². The summed E-state index contributed by atoms with van der Waals surface area (Å²) in [5, 5.41) is 4.97. The van der Waals surface area contributed by atoms with Gasteiger partial charge in [0.15, 0.2) is 0 Å². The fraction of sp³-hybridized carbons (Fsp3) is 0.316. The third-order valence-electron chi connectivity index (χ3n) is 4.30. The topological polar surface area (TPSA) is 67.2 Å². The van der Waals surface area contributed by atoms with Crippen LogP contribution in [0.15, 0.2) is 36.4 Å². The predicted octanol–water partition coefficient (Wildman–Crippen LogP) is 4.47. The molecule has 1 aliphatic rings. The van der Waals surface area contributed by atoms with Crippen LogP contribution in [0.25, 0.3) is 0 Å². The number of alkyl halides is 3. The summed E-state index contributed by atoms with van der Waals surface area (Å²) in [4.78, 5) is 11.8. The van der Waals surface area contributed by atoms with Gasteiger partial charge in [0, 0.05) is 17.8 Å². The maximum absolute atomic E-state index is 14.2. The summed E-state index contributed by atoms with van der Waals surface area (Å²) in [5.41, 5.74) is 3.46. The molecule has 0 bridgehead atoms. The third kappa shape index (κ3) is 4.78. The Hall–Kier alpha value is -2.68. The molecule has 1 fully saturated rings. The Morgan fingerprint density at radius 2 is 1.79 bits per heavy atom. The van der Waals surface area contributed by atoms with Gasteiger partial charge in [0.05, 0.1) is 16.8 Å². The van der Waals surface area contributed by atoms with Crippen LogP contribution in [0, 0.1) is 11.6 Å². The van der Waals surface area contributed by atoms with E-state index in [1.165, 1.54) is 12.1 Å². The maximum atomic E-state index is 14.2. The molecule has 1 amide bonds. The molecule has 4 N–H and O–H groups in total. The van der Waals surface area contributed by atoms with E-state index in [0.717, 1.165) is 18.2 Å². The lowest BCUT2D eigenvalue weighted by atomic mass is 10.1. The number of nitrogens with two attached hydrogens (primary N) is 1. The van der Waals surface area contributed by atoms with Crippen LogP contribution in [-0.2, 0) is 17.5 Å². The van der Waals surface area contributed by atoms with Gasteiger partial charge in [0.1, 0.15) is 11.6 Å². The molecule has 0 radical (unpaired) electrons. The number of amides is 1. The minimum Gasteiger partial charge on any atom is -0.355 e. The number of hydrogen-bond donors (Lipinski definition) is 3. The van der Waals surface area contributed by atoms with Crippen LogP contribution in [0.3, 0.4) is 0 Å². The predicted molar refractivity (Wildman–Crippen MR) is 95.8 cm³/mol. The van der Waals surface area contributed by atoms with E-state index in [9.17, 15) is 26.7 Å². The van der Waals surface area contributed by atoms with Crippen LogP contribution in [0.4, 0.5) is 33.3 Å². The molecule has 152 valence electrons. The molecule has 3 rings (SSSR count). The Kier molecular flexibility index (Phi) is 5.98. The molecule has 0 aliphatic heterocycles. The Labute approximate surface area is 158 Å². The van der Waals surface area contributed by atoms with Gasteiger partial charge in [-0.25, -0.2) is 8.78 Å². The van der Waals surface area contributed by atoms with Gasteiger partial charge in [-0.15, -0.1) is 0 Å². The van der Waals surface area contributed by atoms with Crippen molar-refractivity contribution in [2.75, 3.05) is 5.32 Å². The highest BCUT2D eigenvalue weighted by Crippen LogP contribution is 2.36. The molecule has 0 saturated heterocycles. The minimum atomic E-state index is -4.77. The first kappa shape index (κ1) is 21.6. The molecule has 0 unspecified atom stereocenters. The van der Waals surface area contributed by atoms with Gasteiger partial charge in [-0.3, -0.25) is 4.79 Å². The van der Waals surface area contributed by atoms with Crippen molar-refractivity contribution in [3.63, 3.8) is 0 Å². The second kappa shape index (κ2) is 7.75. The van der Waals surface area contributed by atoms with E-state index >= 15 is 0 Å². The zero-order valence-corrected chi connectivity index (χ0v) is 14.0. The Morgan fingerprint density at radius 1 is 1.11 bits per heavy atom. The van der Waals surface area contributed by atoms with E-state index in [0.29, 0.717) is 18.9 Å². The van der Waals surface area contributed by atoms with Crippen LogP contribution >= 0.6 is 0 Å². The van der Waals surface area contributed by atoms with Gasteiger partial charge in [0.25, 0.3) is 0 Å². The molecule has 0 aromatic heterocycles. The van der Waals surface area contributed by atoms with Crippen molar-refractivity contribution < 1.29 is 26.7 Å². The van der Waals surface area contributed by atoms with Crippen molar-refractivity contribution in [3.05, 3.63) is 59.2 Å². The van der Waals surface area contributed by atoms with Crippen LogP contribution in [0.5, 0.6) is 0 Å². The fourth-order valence-corrected chi connectivity index (χ4v) is 2.50. The summed E-state index contributed by atoms with van der Waals surface area (Å²) in [7, 11) is 0. The Morgan fingerprint density at radius 3 is 2.36 bits per heavy atom. The first-order valence-electron chi connectivity index (χ1n) is 8.08. The maximum Gasteiger partial charge on any atom is 0.418 e. The zero-order chi connectivity index (χ0) is 19.8. The molecule has 0 atom stereocenters. The first-order chi connectivity index (χ1) is 12.6. The van der Waals surface area contributed by atoms with Gasteiger partial charge in [-0.05, 0) is 43.2 Å². The smallest absolute Gasteiger partial charge is 0.355 e. The standard InChI is InChI=1S/C18H16F5N3O.CH4/c19-11-2-4-15(13(7-11)18(21,22)23)26-12-3-1-10(14(20)8-12)9-25-16(27)17(24)5-6-17;/h1-4,7-8,26H,5-6,9,24H2,(H,25,27);1H4. The zero-order valence-electron chi connectivity index (χ0n) is 14.0. The summed E-state index contributed by atoms with van der Waals surface area (Å²) in [6, 6.07) is 5.87. The Bertz CT molecular complexity index is 878. The molecule has 1 aliphatic carbocycles. The van der Waals surface area contributed by atoms with Gasteiger partial charge >= 0.3 is 6.18 Å². The van der Waals surface area contributed by atoms with Crippen LogP contribution in [0.2, 0.25) is 0 Å². The van der Waals surface area contributed by atoms with Gasteiger partial charge < -0.3 is 16.4 Å². The molecule has 0 spiro atoms. The van der Waals surface area contributed by atoms with Crippen molar-refractivity contribution >= 4 is 17.3 Å². The summed E-state index contributed by atoms with van der Waals surface area (Å²) in [6.07, 6.45) is -3.62. The van der Waals surface area contributed by atoms with E-state index in [2.05, 4.69) is 10.6 Å². The van der Waals surface area contributed by atoms with Crippen molar-refractivity contribution in [1.29, 1.82) is 0 Å².